The molecular weight excluding hydrogens is 248 g/mol. The van der Waals surface area contributed by atoms with Crippen LogP contribution in [0.15, 0.2) is 12.3 Å². The lowest BCUT2D eigenvalue weighted by atomic mass is 10.2. The summed E-state index contributed by atoms with van der Waals surface area (Å²) in [5.41, 5.74) is -0.162. The molecule has 1 amide bonds. The lowest BCUT2D eigenvalue weighted by Crippen LogP contribution is -2.29. The zero-order valence-corrected chi connectivity index (χ0v) is 10.9. The Balaban J connectivity index is 2.35. The molecule has 7 heteroatoms. The van der Waals surface area contributed by atoms with Crippen LogP contribution in [-0.2, 0) is 0 Å². The van der Waals surface area contributed by atoms with Crippen LogP contribution in [-0.4, -0.2) is 40.3 Å². The summed E-state index contributed by atoms with van der Waals surface area (Å²) < 4.78 is 0. The summed E-state index contributed by atoms with van der Waals surface area (Å²) in [5, 5.41) is 13.9. The quantitative estimate of drug-likeness (QED) is 0.645. The van der Waals surface area contributed by atoms with Crippen LogP contribution in [0.1, 0.15) is 30.1 Å². The summed E-state index contributed by atoms with van der Waals surface area (Å²) in [6.07, 6.45) is 3.05. The topological polar surface area (TPSA) is 88.4 Å². The fourth-order valence-corrected chi connectivity index (χ4v) is 1.86. The second-order valence-corrected chi connectivity index (χ2v) is 4.52. The van der Waals surface area contributed by atoms with Gasteiger partial charge in [-0.1, -0.05) is 0 Å². The van der Waals surface area contributed by atoms with Crippen LogP contribution in [0.3, 0.4) is 0 Å². The average Bonchev–Trinajstić information content (AvgIpc) is 3.21. The highest BCUT2D eigenvalue weighted by Crippen LogP contribution is 2.29. The molecule has 102 valence electrons. The van der Waals surface area contributed by atoms with Gasteiger partial charge < -0.3 is 10.2 Å². The summed E-state index contributed by atoms with van der Waals surface area (Å²) in [7, 11) is 1.68. The van der Waals surface area contributed by atoms with E-state index in [1.165, 1.54) is 6.07 Å². The molecule has 1 aromatic heterocycles. The number of pyridine rings is 1. The van der Waals surface area contributed by atoms with Crippen LogP contribution in [0.4, 0.5) is 11.5 Å². The molecule has 1 aromatic rings. The van der Waals surface area contributed by atoms with Gasteiger partial charge in [-0.2, -0.15) is 0 Å². The van der Waals surface area contributed by atoms with Crippen LogP contribution in [0.5, 0.6) is 0 Å². The highest BCUT2D eigenvalue weighted by Gasteiger charge is 2.33. The van der Waals surface area contributed by atoms with Crippen molar-refractivity contribution in [3.05, 3.63) is 27.9 Å². The van der Waals surface area contributed by atoms with Crippen molar-refractivity contribution in [3.63, 3.8) is 0 Å². The first-order chi connectivity index (χ1) is 9.04. The zero-order chi connectivity index (χ0) is 14.0. The molecular formula is C12H16N4O3. The third-order valence-electron chi connectivity index (χ3n) is 3.08. The Morgan fingerprint density at radius 2 is 2.32 bits per heavy atom. The molecule has 1 aliphatic carbocycles. The first-order valence-electron chi connectivity index (χ1n) is 6.20. The largest absolute Gasteiger partial charge is 0.370 e. The number of carbonyl (C=O) groups excluding carboxylic acids is 1. The Kier molecular flexibility index (Phi) is 3.64. The predicted molar refractivity (Wildman–Crippen MR) is 70.2 cm³/mol. The van der Waals surface area contributed by atoms with E-state index in [1.807, 2.05) is 6.92 Å². The standard InChI is InChI=1S/C12H16N4O3/c1-3-13-11-6-9(10(7-14-11)16(18)19)12(17)15(2)8-4-5-8/h6-8H,3-5H2,1-2H3,(H,13,14). The fourth-order valence-electron chi connectivity index (χ4n) is 1.86. The predicted octanol–water partition coefficient (Wildman–Crippen LogP) is 1.66. The fraction of sp³-hybridized carbons (Fsp3) is 0.500. The molecule has 0 radical (unpaired) electrons. The lowest BCUT2D eigenvalue weighted by Gasteiger charge is -2.16. The van der Waals surface area contributed by atoms with Gasteiger partial charge in [-0.05, 0) is 19.8 Å². The van der Waals surface area contributed by atoms with Crippen molar-refractivity contribution in [2.24, 2.45) is 0 Å². The minimum Gasteiger partial charge on any atom is -0.370 e. The normalized spacial score (nSPS) is 14.0. The second kappa shape index (κ2) is 5.21. The van der Waals surface area contributed by atoms with Crippen molar-refractivity contribution in [2.75, 3.05) is 18.9 Å². The van der Waals surface area contributed by atoms with E-state index in [2.05, 4.69) is 10.3 Å². The number of aromatic nitrogens is 1. The summed E-state index contributed by atoms with van der Waals surface area (Å²) in [5.74, 6) is 0.149. The Hall–Kier alpha value is -2.18. The summed E-state index contributed by atoms with van der Waals surface area (Å²) >= 11 is 0. The van der Waals surface area contributed by atoms with E-state index in [9.17, 15) is 14.9 Å². The van der Waals surface area contributed by atoms with Crippen molar-refractivity contribution in [2.45, 2.75) is 25.8 Å². The molecule has 0 aromatic carbocycles. The Bertz CT molecular complexity index is 514. The Morgan fingerprint density at radius 1 is 1.63 bits per heavy atom. The third kappa shape index (κ3) is 2.81. The van der Waals surface area contributed by atoms with Gasteiger partial charge in [0.05, 0.1) is 4.92 Å². The molecule has 7 nitrogen and oxygen atoms in total. The first-order valence-corrected chi connectivity index (χ1v) is 6.20. The van der Waals surface area contributed by atoms with E-state index in [1.54, 1.807) is 11.9 Å². The van der Waals surface area contributed by atoms with Crippen molar-refractivity contribution >= 4 is 17.4 Å². The summed E-state index contributed by atoms with van der Waals surface area (Å²) in [6.45, 7) is 2.53. The minimum absolute atomic E-state index is 0.0883. The molecule has 0 atom stereocenters. The number of nitro groups is 1. The van der Waals surface area contributed by atoms with E-state index in [-0.39, 0.29) is 23.2 Å². The maximum Gasteiger partial charge on any atom is 0.300 e. The number of rotatable bonds is 5. The molecule has 1 fully saturated rings. The number of amides is 1. The highest BCUT2D eigenvalue weighted by atomic mass is 16.6. The van der Waals surface area contributed by atoms with Crippen LogP contribution in [0, 0.1) is 10.1 Å². The zero-order valence-electron chi connectivity index (χ0n) is 10.9. The van der Waals surface area contributed by atoms with Gasteiger partial charge in [-0.25, -0.2) is 4.98 Å². The molecule has 0 aliphatic heterocycles. The van der Waals surface area contributed by atoms with Gasteiger partial charge in [0.15, 0.2) is 0 Å². The smallest absolute Gasteiger partial charge is 0.300 e. The third-order valence-corrected chi connectivity index (χ3v) is 3.08. The van der Waals surface area contributed by atoms with Gasteiger partial charge in [0.25, 0.3) is 11.6 Å². The van der Waals surface area contributed by atoms with E-state index in [4.69, 9.17) is 0 Å². The molecule has 0 bridgehead atoms. The van der Waals surface area contributed by atoms with Crippen LogP contribution < -0.4 is 5.32 Å². The number of hydrogen-bond acceptors (Lipinski definition) is 5. The molecule has 0 saturated heterocycles. The highest BCUT2D eigenvalue weighted by molar-refractivity contribution is 5.98. The molecule has 19 heavy (non-hydrogen) atoms. The van der Waals surface area contributed by atoms with Crippen molar-refractivity contribution in [1.82, 2.24) is 9.88 Å². The summed E-state index contributed by atoms with van der Waals surface area (Å²) in [4.78, 5) is 28.2. The lowest BCUT2D eigenvalue weighted by molar-refractivity contribution is -0.385. The van der Waals surface area contributed by atoms with E-state index in [0.717, 1.165) is 19.0 Å². The number of carbonyl (C=O) groups is 1. The number of nitrogens with one attached hydrogen (secondary N) is 1. The van der Waals surface area contributed by atoms with Gasteiger partial charge in [0.2, 0.25) is 0 Å². The van der Waals surface area contributed by atoms with Crippen molar-refractivity contribution in [3.8, 4) is 0 Å². The van der Waals surface area contributed by atoms with Crippen molar-refractivity contribution in [1.29, 1.82) is 0 Å². The van der Waals surface area contributed by atoms with E-state index in [0.29, 0.717) is 12.4 Å². The van der Waals surface area contributed by atoms with E-state index < -0.39 is 4.92 Å². The molecule has 0 unspecified atom stereocenters. The average molecular weight is 264 g/mol. The van der Waals surface area contributed by atoms with Gasteiger partial charge in [-0.15, -0.1) is 0 Å². The molecule has 1 N–H and O–H groups in total. The molecule has 0 spiro atoms. The maximum absolute atomic E-state index is 12.3. The van der Waals surface area contributed by atoms with Crippen LogP contribution in [0.2, 0.25) is 0 Å². The minimum atomic E-state index is -0.573. The van der Waals surface area contributed by atoms with Gasteiger partial charge >= 0.3 is 0 Å². The number of hydrogen-bond donors (Lipinski definition) is 1. The molecule has 1 heterocycles. The van der Waals surface area contributed by atoms with E-state index >= 15 is 0 Å². The van der Waals surface area contributed by atoms with Crippen LogP contribution in [0.25, 0.3) is 0 Å². The monoisotopic (exact) mass is 264 g/mol. The molecule has 1 saturated carbocycles. The van der Waals surface area contributed by atoms with Gasteiger partial charge in [-0.3, -0.25) is 14.9 Å². The molecule has 2 rings (SSSR count). The van der Waals surface area contributed by atoms with Crippen LogP contribution >= 0.6 is 0 Å². The van der Waals surface area contributed by atoms with Crippen molar-refractivity contribution < 1.29 is 9.72 Å². The SMILES string of the molecule is CCNc1cc(C(=O)N(C)C2CC2)c([N+](=O)[O-])cn1. The first kappa shape index (κ1) is 13.3. The molecule has 1 aliphatic rings. The number of anilines is 1. The van der Waals surface area contributed by atoms with Gasteiger partial charge in [0.1, 0.15) is 17.6 Å². The Labute approximate surface area is 110 Å². The Morgan fingerprint density at radius 3 is 2.84 bits per heavy atom. The summed E-state index contributed by atoms with van der Waals surface area (Å²) in [6, 6.07) is 1.66. The second-order valence-electron chi connectivity index (χ2n) is 4.52. The number of nitrogens with zero attached hydrogens (tertiary/aromatic N) is 3. The maximum atomic E-state index is 12.3. The van der Waals surface area contributed by atoms with Gasteiger partial charge in [0, 0.05) is 25.7 Å².